The Morgan fingerprint density at radius 2 is 2.05 bits per heavy atom. The molecule has 0 saturated carbocycles. The lowest BCUT2D eigenvalue weighted by Crippen LogP contribution is -2.02. The molecule has 1 heterocycles. The zero-order chi connectivity index (χ0) is 14.5. The van der Waals surface area contributed by atoms with Crippen LogP contribution in [0.5, 0.6) is 5.75 Å². The summed E-state index contributed by atoms with van der Waals surface area (Å²) in [6, 6.07) is 8.03. The van der Waals surface area contributed by atoms with Crippen LogP contribution < -0.4 is 10.5 Å². The topological polar surface area (TPSA) is 48.1 Å². The number of nitrogens with zero attached hydrogens (tertiary/aromatic N) is 1. The van der Waals surface area contributed by atoms with Gasteiger partial charge in [-0.15, -0.1) is 11.3 Å². The second kappa shape index (κ2) is 6.68. The Kier molecular flexibility index (Phi) is 4.93. The van der Waals surface area contributed by atoms with Gasteiger partial charge in [-0.1, -0.05) is 6.58 Å². The second-order valence-electron chi connectivity index (χ2n) is 4.81. The average molecular weight is 288 g/mol. The summed E-state index contributed by atoms with van der Waals surface area (Å²) < 4.78 is 5.60. The lowest BCUT2D eigenvalue weighted by Gasteiger charge is -2.07. The van der Waals surface area contributed by atoms with Gasteiger partial charge in [0.05, 0.1) is 10.7 Å². The number of benzene rings is 1. The fourth-order valence-corrected chi connectivity index (χ4v) is 2.88. The third kappa shape index (κ3) is 3.68. The van der Waals surface area contributed by atoms with Crippen molar-refractivity contribution in [3.8, 4) is 17.0 Å². The highest BCUT2D eigenvalue weighted by Crippen LogP contribution is 2.29. The second-order valence-corrected chi connectivity index (χ2v) is 6.10. The Morgan fingerprint density at radius 1 is 1.35 bits per heavy atom. The monoisotopic (exact) mass is 288 g/mol. The Morgan fingerprint density at radius 3 is 2.65 bits per heavy atom. The molecule has 106 valence electrons. The predicted molar refractivity (Wildman–Crippen MR) is 85.4 cm³/mol. The minimum Gasteiger partial charge on any atom is -0.489 e. The van der Waals surface area contributed by atoms with Gasteiger partial charge in [0.1, 0.15) is 12.4 Å². The molecule has 0 bridgehead atoms. The summed E-state index contributed by atoms with van der Waals surface area (Å²) in [6.07, 6.45) is 0.870. The van der Waals surface area contributed by atoms with Gasteiger partial charge in [-0.2, -0.15) is 0 Å². The van der Waals surface area contributed by atoms with Gasteiger partial charge in [-0.3, -0.25) is 0 Å². The molecular weight excluding hydrogens is 268 g/mol. The number of nitrogens with two attached hydrogens (primary N) is 1. The van der Waals surface area contributed by atoms with Crippen molar-refractivity contribution in [3.05, 3.63) is 46.3 Å². The van der Waals surface area contributed by atoms with Crippen molar-refractivity contribution in [2.45, 2.75) is 20.3 Å². The van der Waals surface area contributed by atoms with Crippen LogP contribution >= 0.6 is 11.3 Å². The largest absolute Gasteiger partial charge is 0.489 e. The maximum absolute atomic E-state index is 5.66. The molecule has 0 aliphatic carbocycles. The molecule has 1 aromatic heterocycles. The van der Waals surface area contributed by atoms with Gasteiger partial charge in [0.15, 0.2) is 0 Å². The molecule has 1 aromatic carbocycles. The van der Waals surface area contributed by atoms with E-state index < -0.39 is 0 Å². The van der Waals surface area contributed by atoms with Crippen LogP contribution in [0.3, 0.4) is 0 Å². The lowest BCUT2D eigenvalue weighted by molar-refractivity contribution is 0.353. The molecule has 2 N–H and O–H groups in total. The fraction of sp³-hybridized carbons (Fsp3) is 0.312. The maximum Gasteiger partial charge on any atom is 0.119 e. The Bertz CT molecular complexity index is 587. The molecule has 0 radical (unpaired) electrons. The summed E-state index contributed by atoms with van der Waals surface area (Å²) in [4.78, 5) is 5.86. The molecule has 0 spiro atoms. The third-order valence-corrected chi connectivity index (χ3v) is 3.82. The van der Waals surface area contributed by atoms with E-state index in [0.717, 1.165) is 34.0 Å². The summed E-state index contributed by atoms with van der Waals surface area (Å²) in [7, 11) is 0. The molecular formula is C16H20N2OS. The first-order valence-electron chi connectivity index (χ1n) is 6.64. The molecule has 0 aliphatic rings. The molecule has 0 fully saturated rings. The van der Waals surface area contributed by atoms with Crippen molar-refractivity contribution in [2.24, 2.45) is 5.73 Å². The van der Waals surface area contributed by atoms with Crippen LogP contribution in [0, 0.1) is 6.92 Å². The van der Waals surface area contributed by atoms with Crippen LogP contribution in [0.4, 0.5) is 0 Å². The molecule has 0 amide bonds. The van der Waals surface area contributed by atoms with Crippen molar-refractivity contribution in [1.82, 2.24) is 4.98 Å². The normalized spacial score (nSPS) is 10.6. The molecule has 0 aliphatic heterocycles. The zero-order valence-corrected chi connectivity index (χ0v) is 12.8. The number of rotatable bonds is 6. The number of hydrogen-bond donors (Lipinski definition) is 1. The van der Waals surface area contributed by atoms with E-state index >= 15 is 0 Å². The highest BCUT2D eigenvalue weighted by Gasteiger charge is 2.10. The first-order valence-corrected chi connectivity index (χ1v) is 7.46. The van der Waals surface area contributed by atoms with E-state index in [2.05, 4.69) is 11.6 Å². The summed E-state index contributed by atoms with van der Waals surface area (Å²) in [5, 5.41) is 1.08. The molecule has 0 unspecified atom stereocenters. The maximum atomic E-state index is 5.66. The Hall–Kier alpha value is -1.65. The van der Waals surface area contributed by atoms with Gasteiger partial charge < -0.3 is 10.5 Å². The summed E-state index contributed by atoms with van der Waals surface area (Å²) in [5.74, 6) is 0.851. The number of ether oxygens (including phenoxy) is 1. The third-order valence-electron chi connectivity index (χ3n) is 2.79. The highest BCUT2D eigenvalue weighted by molar-refractivity contribution is 7.12. The predicted octanol–water partition coefficient (Wildman–Crippen LogP) is 3.57. The molecule has 0 saturated heterocycles. The van der Waals surface area contributed by atoms with Crippen LogP contribution in [0.15, 0.2) is 36.4 Å². The zero-order valence-electron chi connectivity index (χ0n) is 12.0. The SMILES string of the molecule is C=C(C)COc1ccc(-c2nc(C)sc2CCN)cc1. The number of aryl methyl sites for hydroxylation is 1. The van der Waals surface area contributed by atoms with Crippen LogP contribution in [-0.4, -0.2) is 18.1 Å². The summed E-state index contributed by atoms with van der Waals surface area (Å²) in [5.41, 5.74) is 8.83. The smallest absolute Gasteiger partial charge is 0.119 e. The first kappa shape index (κ1) is 14.8. The van der Waals surface area contributed by atoms with Crippen molar-refractivity contribution < 1.29 is 4.74 Å². The van der Waals surface area contributed by atoms with Gasteiger partial charge in [0.2, 0.25) is 0 Å². The fourth-order valence-electron chi connectivity index (χ4n) is 1.91. The standard InChI is InChI=1S/C16H20N2OS/c1-11(2)10-19-14-6-4-13(5-7-14)16-15(8-9-17)20-12(3)18-16/h4-7H,1,8-10,17H2,2-3H3. The molecule has 3 nitrogen and oxygen atoms in total. The highest BCUT2D eigenvalue weighted by atomic mass is 32.1. The number of hydrogen-bond acceptors (Lipinski definition) is 4. The van der Waals surface area contributed by atoms with Crippen LogP contribution in [0.25, 0.3) is 11.3 Å². The summed E-state index contributed by atoms with van der Waals surface area (Å²) >= 11 is 1.72. The van der Waals surface area contributed by atoms with Gasteiger partial charge in [0, 0.05) is 10.4 Å². The molecule has 2 rings (SSSR count). The molecule has 2 aromatic rings. The van der Waals surface area contributed by atoms with Crippen molar-refractivity contribution >= 4 is 11.3 Å². The van der Waals surface area contributed by atoms with Gasteiger partial charge >= 0.3 is 0 Å². The summed E-state index contributed by atoms with van der Waals surface area (Å²) in [6.45, 7) is 9.00. The lowest BCUT2D eigenvalue weighted by atomic mass is 10.1. The molecule has 0 atom stereocenters. The van der Waals surface area contributed by atoms with Crippen LogP contribution in [0.1, 0.15) is 16.8 Å². The van der Waals surface area contributed by atoms with Gasteiger partial charge in [-0.25, -0.2) is 4.98 Å². The van der Waals surface area contributed by atoms with E-state index in [9.17, 15) is 0 Å². The Labute approximate surface area is 124 Å². The van der Waals surface area contributed by atoms with E-state index in [-0.39, 0.29) is 0 Å². The Balaban J connectivity index is 2.19. The van der Waals surface area contributed by atoms with Gasteiger partial charge in [0.25, 0.3) is 0 Å². The first-order chi connectivity index (χ1) is 9.60. The molecule has 20 heavy (non-hydrogen) atoms. The van der Waals surface area contributed by atoms with Crippen molar-refractivity contribution in [2.75, 3.05) is 13.2 Å². The number of aromatic nitrogens is 1. The van der Waals surface area contributed by atoms with E-state index in [0.29, 0.717) is 13.2 Å². The van der Waals surface area contributed by atoms with Crippen molar-refractivity contribution in [3.63, 3.8) is 0 Å². The average Bonchev–Trinajstić information content (AvgIpc) is 2.78. The van der Waals surface area contributed by atoms with E-state index in [1.165, 1.54) is 4.88 Å². The minimum atomic E-state index is 0.549. The quantitative estimate of drug-likeness (QED) is 0.827. The minimum absolute atomic E-state index is 0.549. The van der Waals surface area contributed by atoms with Crippen LogP contribution in [-0.2, 0) is 6.42 Å². The van der Waals surface area contributed by atoms with E-state index in [1.807, 2.05) is 38.1 Å². The van der Waals surface area contributed by atoms with E-state index in [4.69, 9.17) is 10.5 Å². The molecule has 4 heteroatoms. The van der Waals surface area contributed by atoms with Gasteiger partial charge in [-0.05, 0) is 56.7 Å². The van der Waals surface area contributed by atoms with E-state index in [1.54, 1.807) is 11.3 Å². The van der Waals surface area contributed by atoms with Crippen molar-refractivity contribution in [1.29, 1.82) is 0 Å². The number of thiazole rings is 1. The van der Waals surface area contributed by atoms with Crippen LogP contribution in [0.2, 0.25) is 0 Å².